The van der Waals surface area contributed by atoms with Crippen molar-refractivity contribution in [2.75, 3.05) is 18.9 Å². The molecular weight excluding hydrogens is 166 g/mol. The van der Waals surface area contributed by atoms with Gasteiger partial charge in [-0.05, 0) is 19.0 Å². The Bertz CT molecular complexity index is 286. The van der Waals surface area contributed by atoms with Crippen LogP contribution >= 0.6 is 0 Å². The first-order valence-electron chi connectivity index (χ1n) is 4.42. The van der Waals surface area contributed by atoms with Crippen LogP contribution in [0.25, 0.3) is 0 Å². The number of ether oxygens (including phenoxy) is 1. The van der Waals surface area contributed by atoms with Gasteiger partial charge in [-0.3, -0.25) is 0 Å². The number of nitrogens with zero attached hydrogens (tertiary/aromatic N) is 1. The van der Waals surface area contributed by atoms with Gasteiger partial charge < -0.3 is 15.8 Å². The molecule has 0 aliphatic carbocycles. The lowest BCUT2D eigenvalue weighted by atomic mass is 10.1. The molecule has 1 fully saturated rings. The maximum Gasteiger partial charge on any atom is 0.126 e. The molecule has 1 aromatic heterocycles. The summed E-state index contributed by atoms with van der Waals surface area (Å²) in [5.74, 6) is 1.29. The van der Waals surface area contributed by atoms with Crippen LogP contribution < -0.4 is 15.8 Å². The standard InChI is InChI=1S/C9H13N3O/c10-9-5-8(2-4-12-9)13-6-7-1-3-11-7/h2,4-5,7,11H,1,3,6H2,(H2,10,12). The van der Waals surface area contributed by atoms with Crippen molar-refractivity contribution in [1.82, 2.24) is 10.3 Å². The number of pyridine rings is 1. The fourth-order valence-corrected chi connectivity index (χ4v) is 1.21. The van der Waals surface area contributed by atoms with Gasteiger partial charge in [0.15, 0.2) is 0 Å². The fraction of sp³-hybridized carbons (Fsp3) is 0.444. The third-order valence-corrected chi connectivity index (χ3v) is 2.13. The highest BCUT2D eigenvalue weighted by Crippen LogP contribution is 2.13. The normalized spacial score (nSPS) is 20.8. The molecule has 1 aliphatic heterocycles. The van der Waals surface area contributed by atoms with Gasteiger partial charge in [0.1, 0.15) is 18.2 Å². The third kappa shape index (κ3) is 2.09. The first kappa shape index (κ1) is 8.31. The SMILES string of the molecule is Nc1cc(OCC2CCN2)ccn1. The van der Waals surface area contributed by atoms with Crippen LogP contribution in [0.2, 0.25) is 0 Å². The maximum atomic E-state index is 5.51. The number of aromatic nitrogens is 1. The van der Waals surface area contributed by atoms with Crippen LogP contribution in [0.1, 0.15) is 6.42 Å². The lowest BCUT2D eigenvalue weighted by Gasteiger charge is -2.27. The van der Waals surface area contributed by atoms with E-state index in [9.17, 15) is 0 Å². The zero-order chi connectivity index (χ0) is 9.10. The molecule has 0 radical (unpaired) electrons. The summed E-state index contributed by atoms with van der Waals surface area (Å²) in [6.07, 6.45) is 2.85. The molecule has 0 saturated carbocycles. The van der Waals surface area contributed by atoms with E-state index < -0.39 is 0 Å². The van der Waals surface area contributed by atoms with Crippen molar-refractivity contribution in [1.29, 1.82) is 0 Å². The third-order valence-electron chi connectivity index (χ3n) is 2.13. The Labute approximate surface area is 77.1 Å². The Balaban J connectivity index is 1.86. The van der Waals surface area contributed by atoms with Crippen molar-refractivity contribution >= 4 is 5.82 Å². The topological polar surface area (TPSA) is 60.2 Å². The number of hydrogen-bond acceptors (Lipinski definition) is 4. The van der Waals surface area contributed by atoms with Crippen LogP contribution in [-0.4, -0.2) is 24.2 Å². The minimum absolute atomic E-state index is 0.499. The molecule has 1 saturated heterocycles. The summed E-state index contributed by atoms with van der Waals surface area (Å²) in [7, 11) is 0. The van der Waals surface area contributed by atoms with Gasteiger partial charge >= 0.3 is 0 Å². The zero-order valence-corrected chi connectivity index (χ0v) is 7.36. The molecule has 3 N–H and O–H groups in total. The predicted molar refractivity (Wildman–Crippen MR) is 50.6 cm³/mol. The number of hydrogen-bond donors (Lipinski definition) is 2. The molecule has 1 aromatic rings. The summed E-state index contributed by atoms with van der Waals surface area (Å²) in [5, 5.41) is 3.26. The number of rotatable bonds is 3. The van der Waals surface area contributed by atoms with Gasteiger partial charge in [-0.2, -0.15) is 0 Å². The smallest absolute Gasteiger partial charge is 0.126 e. The van der Waals surface area contributed by atoms with Gasteiger partial charge in [0.2, 0.25) is 0 Å². The predicted octanol–water partition coefficient (Wildman–Crippen LogP) is 0.404. The van der Waals surface area contributed by atoms with E-state index in [1.54, 1.807) is 12.3 Å². The van der Waals surface area contributed by atoms with Gasteiger partial charge in [0, 0.05) is 18.3 Å². The molecule has 0 aromatic carbocycles. The second kappa shape index (κ2) is 3.62. The average molecular weight is 179 g/mol. The van der Waals surface area contributed by atoms with Crippen LogP contribution in [0.4, 0.5) is 5.82 Å². The summed E-state index contributed by atoms with van der Waals surface area (Å²) < 4.78 is 5.51. The highest BCUT2D eigenvalue weighted by Gasteiger charge is 2.16. The molecule has 13 heavy (non-hydrogen) atoms. The maximum absolute atomic E-state index is 5.51. The molecule has 70 valence electrons. The van der Waals surface area contributed by atoms with E-state index in [-0.39, 0.29) is 0 Å². The quantitative estimate of drug-likeness (QED) is 0.705. The first-order chi connectivity index (χ1) is 6.34. The van der Waals surface area contributed by atoms with E-state index in [1.165, 1.54) is 6.42 Å². The molecule has 1 aliphatic rings. The van der Waals surface area contributed by atoms with E-state index in [0.717, 1.165) is 12.3 Å². The molecule has 0 amide bonds. The van der Waals surface area contributed by atoms with Crippen LogP contribution in [0.15, 0.2) is 18.3 Å². The van der Waals surface area contributed by atoms with Crippen molar-refractivity contribution in [2.24, 2.45) is 0 Å². The van der Waals surface area contributed by atoms with Gasteiger partial charge in [-0.25, -0.2) is 4.98 Å². The van der Waals surface area contributed by atoms with E-state index >= 15 is 0 Å². The van der Waals surface area contributed by atoms with Gasteiger partial charge in [-0.1, -0.05) is 0 Å². The average Bonchev–Trinajstić information content (AvgIpc) is 2.01. The first-order valence-corrected chi connectivity index (χ1v) is 4.42. The Hall–Kier alpha value is -1.29. The van der Waals surface area contributed by atoms with Crippen molar-refractivity contribution < 1.29 is 4.74 Å². The van der Waals surface area contributed by atoms with Crippen LogP contribution in [0.5, 0.6) is 5.75 Å². The molecule has 4 heteroatoms. The molecular formula is C9H13N3O. The van der Waals surface area contributed by atoms with Gasteiger partial charge in [0.25, 0.3) is 0 Å². The summed E-state index contributed by atoms with van der Waals surface area (Å²) in [4.78, 5) is 3.88. The Morgan fingerprint density at radius 3 is 3.15 bits per heavy atom. The highest BCUT2D eigenvalue weighted by atomic mass is 16.5. The molecule has 0 spiro atoms. The number of anilines is 1. The molecule has 1 atom stereocenters. The van der Waals surface area contributed by atoms with Gasteiger partial charge in [0.05, 0.1) is 0 Å². The lowest BCUT2D eigenvalue weighted by Crippen LogP contribution is -2.46. The second-order valence-corrected chi connectivity index (χ2v) is 3.17. The molecule has 2 heterocycles. The molecule has 1 unspecified atom stereocenters. The largest absolute Gasteiger partial charge is 0.492 e. The molecule has 0 bridgehead atoms. The van der Waals surface area contributed by atoms with Crippen molar-refractivity contribution in [3.8, 4) is 5.75 Å². The summed E-state index contributed by atoms with van der Waals surface area (Å²) in [6.45, 7) is 1.82. The van der Waals surface area contributed by atoms with Gasteiger partial charge in [-0.15, -0.1) is 0 Å². The van der Waals surface area contributed by atoms with Crippen LogP contribution in [-0.2, 0) is 0 Å². The van der Waals surface area contributed by atoms with Crippen molar-refractivity contribution in [2.45, 2.75) is 12.5 Å². The minimum atomic E-state index is 0.499. The number of nitrogen functional groups attached to an aromatic ring is 1. The summed E-state index contributed by atoms with van der Waals surface area (Å²) in [5.41, 5.74) is 5.50. The second-order valence-electron chi connectivity index (χ2n) is 3.17. The Morgan fingerprint density at radius 1 is 1.69 bits per heavy atom. The Kier molecular flexibility index (Phi) is 2.31. The highest BCUT2D eigenvalue weighted by molar-refractivity contribution is 5.35. The van der Waals surface area contributed by atoms with E-state index in [2.05, 4.69) is 10.3 Å². The lowest BCUT2D eigenvalue weighted by molar-refractivity contribution is 0.217. The minimum Gasteiger partial charge on any atom is -0.492 e. The molecule has 2 rings (SSSR count). The van der Waals surface area contributed by atoms with Crippen LogP contribution in [0.3, 0.4) is 0 Å². The number of nitrogens with one attached hydrogen (secondary N) is 1. The van der Waals surface area contributed by atoms with Crippen LogP contribution in [0, 0.1) is 0 Å². The van der Waals surface area contributed by atoms with Crippen molar-refractivity contribution in [3.05, 3.63) is 18.3 Å². The fourth-order valence-electron chi connectivity index (χ4n) is 1.21. The monoisotopic (exact) mass is 179 g/mol. The number of nitrogens with two attached hydrogens (primary N) is 1. The van der Waals surface area contributed by atoms with E-state index in [1.807, 2.05) is 6.07 Å². The van der Waals surface area contributed by atoms with Crippen molar-refractivity contribution in [3.63, 3.8) is 0 Å². The van der Waals surface area contributed by atoms with E-state index in [4.69, 9.17) is 10.5 Å². The zero-order valence-electron chi connectivity index (χ0n) is 7.36. The summed E-state index contributed by atoms with van der Waals surface area (Å²) >= 11 is 0. The summed E-state index contributed by atoms with van der Waals surface area (Å²) in [6, 6.07) is 4.06. The van der Waals surface area contributed by atoms with E-state index in [0.29, 0.717) is 18.5 Å². The Morgan fingerprint density at radius 2 is 2.54 bits per heavy atom. The molecule has 4 nitrogen and oxygen atoms in total.